The standard InChI is InChI=1S/C26H26N2O2/c29-16-14-22-11-12-26(30-20-23-9-5-2-6-10-23)25(17-22)24-18-27-28(19-24)15-13-21-7-3-1-4-8-21/h1-12,17-19,29H,13-16,20H2. The maximum absolute atomic E-state index is 9.34. The molecule has 4 heteroatoms. The Kier molecular flexibility index (Phi) is 6.58. The van der Waals surface area contributed by atoms with Crippen molar-refractivity contribution in [1.82, 2.24) is 9.78 Å². The summed E-state index contributed by atoms with van der Waals surface area (Å²) in [5.74, 6) is 0.822. The largest absolute Gasteiger partial charge is 0.488 e. The molecule has 0 saturated heterocycles. The summed E-state index contributed by atoms with van der Waals surface area (Å²) in [4.78, 5) is 0. The lowest BCUT2D eigenvalue weighted by molar-refractivity contribution is 0.298. The summed E-state index contributed by atoms with van der Waals surface area (Å²) in [7, 11) is 0. The van der Waals surface area contributed by atoms with Crippen molar-refractivity contribution in [1.29, 1.82) is 0 Å². The molecule has 0 radical (unpaired) electrons. The van der Waals surface area contributed by atoms with Crippen LogP contribution in [-0.2, 0) is 26.0 Å². The number of hydrogen-bond acceptors (Lipinski definition) is 3. The van der Waals surface area contributed by atoms with Crippen LogP contribution in [0.25, 0.3) is 11.1 Å². The maximum atomic E-state index is 9.34. The number of aromatic nitrogens is 2. The second-order valence-electron chi connectivity index (χ2n) is 7.31. The van der Waals surface area contributed by atoms with Crippen molar-refractivity contribution in [3.8, 4) is 16.9 Å². The van der Waals surface area contributed by atoms with Crippen LogP contribution in [0.15, 0.2) is 91.3 Å². The van der Waals surface area contributed by atoms with Crippen molar-refractivity contribution in [3.63, 3.8) is 0 Å². The van der Waals surface area contributed by atoms with E-state index in [1.165, 1.54) is 5.56 Å². The first kappa shape index (κ1) is 19.9. The van der Waals surface area contributed by atoms with E-state index in [1.54, 1.807) is 0 Å². The first-order chi connectivity index (χ1) is 14.8. The topological polar surface area (TPSA) is 47.3 Å². The summed E-state index contributed by atoms with van der Waals surface area (Å²) in [6.45, 7) is 1.45. The molecule has 0 aliphatic carbocycles. The molecule has 0 amide bonds. The van der Waals surface area contributed by atoms with E-state index in [2.05, 4.69) is 53.8 Å². The Morgan fingerprint density at radius 3 is 2.27 bits per heavy atom. The molecule has 4 aromatic rings. The fraction of sp³-hybridized carbons (Fsp3) is 0.192. The molecule has 1 N–H and O–H groups in total. The van der Waals surface area contributed by atoms with Gasteiger partial charge in [-0.05, 0) is 41.7 Å². The summed E-state index contributed by atoms with van der Waals surface area (Å²) in [5.41, 5.74) is 5.53. The van der Waals surface area contributed by atoms with Crippen molar-refractivity contribution in [2.75, 3.05) is 6.61 Å². The molecule has 152 valence electrons. The molecule has 0 unspecified atom stereocenters. The normalized spacial score (nSPS) is 10.8. The van der Waals surface area contributed by atoms with E-state index in [-0.39, 0.29) is 6.61 Å². The number of benzene rings is 3. The Bertz CT molecular complexity index is 1060. The summed E-state index contributed by atoms with van der Waals surface area (Å²) >= 11 is 0. The number of nitrogens with zero attached hydrogens (tertiary/aromatic N) is 2. The van der Waals surface area contributed by atoms with Gasteiger partial charge in [-0.25, -0.2) is 0 Å². The number of rotatable bonds is 9. The first-order valence-electron chi connectivity index (χ1n) is 10.3. The molecular formula is C26H26N2O2. The van der Waals surface area contributed by atoms with Crippen molar-refractivity contribution >= 4 is 0 Å². The molecule has 0 atom stereocenters. The summed E-state index contributed by atoms with van der Waals surface area (Å²) in [5, 5.41) is 13.9. The van der Waals surface area contributed by atoms with Gasteiger partial charge in [-0.2, -0.15) is 5.10 Å². The zero-order chi connectivity index (χ0) is 20.6. The highest BCUT2D eigenvalue weighted by atomic mass is 16.5. The van der Waals surface area contributed by atoms with Gasteiger partial charge in [-0.15, -0.1) is 0 Å². The molecule has 0 fully saturated rings. The van der Waals surface area contributed by atoms with E-state index >= 15 is 0 Å². The summed E-state index contributed by atoms with van der Waals surface area (Å²) in [6.07, 6.45) is 5.51. The molecule has 30 heavy (non-hydrogen) atoms. The lowest BCUT2D eigenvalue weighted by Crippen LogP contribution is -2.01. The van der Waals surface area contributed by atoms with Crippen molar-refractivity contribution in [2.45, 2.75) is 26.0 Å². The number of hydrogen-bond donors (Lipinski definition) is 1. The molecule has 0 bridgehead atoms. The van der Waals surface area contributed by atoms with E-state index in [4.69, 9.17) is 4.74 Å². The van der Waals surface area contributed by atoms with E-state index in [0.29, 0.717) is 13.0 Å². The van der Waals surface area contributed by atoms with Gasteiger partial charge in [-0.3, -0.25) is 4.68 Å². The van der Waals surface area contributed by atoms with E-state index < -0.39 is 0 Å². The monoisotopic (exact) mass is 398 g/mol. The highest BCUT2D eigenvalue weighted by Crippen LogP contribution is 2.32. The van der Waals surface area contributed by atoms with Crippen molar-refractivity contribution in [3.05, 3.63) is 108 Å². The molecule has 1 heterocycles. The molecule has 0 aliphatic heterocycles. The van der Waals surface area contributed by atoms with Crippen LogP contribution in [0.1, 0.15) is 16.7 Å². The molecule has 0 spiro atoms. The van der Waals surface area contributed by atoms with Gasteiger partial charge in [0, 0.05) is 30.5 Å². The number of aliphatic hydroxyl groups excluding tert-OH is 1. The first-order valence-corrected chi connectivity index (χ1v) is 10.3. The van der Waals surface area contributed by atoms with Gasteiger partial charge >= 0.3 is 0 Å². The second kappa shape index (κ2) is 9.90. The van der Waals surface area contributed by atoms with Crippen LogP contribution in [-0.4, -0.2) is 21.5 Å². The Morgan fingerprint density at radius 1 is 0.800 bits per heavy atom. The Balaban J connectivity index is 1.53. The summed E-state index contributed by atoms with van der Waals surface area (Å²) < 4.78 is 8.12. The quantitative estimate of drug-likeness (QED) is 0.436. The van der Waals surface area contributed by atoms with Gasteiger partial charge in [0.2, 0.25) is 0 Å². The van der Waals surface area contributed by atoms with Crippen LogP contribution in [0.5, 0.6) is 5.75 Å². The number of aryl methyl sites for hydroxylation is 2. The van der Waals surface area contributed by atoms with Gasteiger partial charge in [0.1, 0.15) is 12.4 Å². The van der Waals surface area contributed by atoms with Gasteiger partial charge in [-0.1, -0.05) is 66.7 Å². The fourth-order valence-electron chi connectivity index (χ4n) is 3.46. The third-order valence-corrected chi connectivity index (χ3v) is 5.10. The third-order valence-electron chi connectivity index (χ3n) is 5.10. The zero-order valence-corrected chi connectivity index (χ0v) is 16.9. The average molecular weight is 399 g/mol. The highest BCUT2D eigenvalue weighted by molar-refractivity contribution is 5.70. The predicted octanol–water partition coefficient (Wildman–Crippen LogP) is 4.91. The zero-order valence-electron chi connectivity index (χ0n) is 16.9. The average Bonchev–Trinajstić information content (AvgIpc) is 3.27. The van der Waals surface area contributed by atoms with Crippen LogP contribution in [0, 0.1) is 0 Å². The van der Waals surface area contributed by atoms with Gasteiger partial charge in [0.25, 0.3) is 0 Å². The molecule has 3 aromatic carbocycles. The van der Waals surface area contributed by atoms with Crippen LogP contribution in [0.4, 0.5) is 0 Å². The number of aliphatic hydroxyl groups is 1. The molecule has 1 aromatic heterocycles. The highest BCUT2D eigenvalue weighted by Gasteiger charge is 2.11. The summed E-state index contributed by atoms with van der Waals surface area (Å²) in [6, 6.07) is 26.7. The van der Waals surface area contributed by atoms with Gasteiger partial charge in [0.15, 0.2) is 0 Å². The van der Waals surface area contributed by atoms with E-state index in [9.17, 15) is 5.11 Å². The number of ether oxygens (including phenoxy) is 1. The van der Waals surface area contributed by atoms with Crippen LogP contribution in [0.3, 0.4) is 0 Å². The minimum atomic E-state index is 0.125. The fourth-order valence-corrected chi connectivity index (χ4v) is 3.46. The van der Waals surface area contributed by atoms with Crippen LogP contribution in [0.2, 0.25) is 0 Å². The smallest absolute Gasteiger partial charge is 0.127 e. The maximum Gasteiger partial charge on any atom is 0.127 e. The van der Waals surface area contributed by atoms with Crippen molar-refractivity contribution in [2.24, 2.45) is 0 Å². The molecule has 0 saturated carbocycles. The predicted molar refractivity (Wildman–Crippen MR) is 119 cm³/mol. The third kappa shape index (κ3) is 5.16. The SMILES string of the molecule is OCCc1ccc(OCc2ccccc2)c(-c2cnn(CCc3ccccc3)c2)c1. The lowest BCUT2D eigenvalue weighted by atomic mass is 10.0. The molecular weight excluding hydrogens is 372 g/mol. The van der Waals surface area contributed by atoms with E-state index in [1.807, 2.05) is 47.3 Å². The lowest BCUT2D eigenvalue weighted by Gasteiger charge is -2.12. The molecule has 4 rings (SSSR count). The van der Waals surface area contributed by atoms with Crippen LogP contribution < -0.4 is 4.74 Å². The Morgan fingerprint density at radius 2 is 1.53 bits per heavy atom. The van der Waals surface area contributed by atoms with Gasteiger partial charge in [0.05, 0.1) is 6.20 Å². The molecule has 0 aliphatic rings. The Hall–Kier alpha value is -3.37. The van der Waals surface area contributed by atoms with Gasteiger partial charge < -0.3 is 9.84 Å². The molecule has 4 nitrogen and oxygen atoms in total. The minimum Gasteiger partial charge on any atom is -0.488 e. The van der Waals surface area contributed by atoms with Crippen LogP contribution >= 0.6 is 0 Å². The van der Waals surface area contributed by atoms with Crippen molar-refractivity contribution < 1.29 is 9.84 Å². The van der Waals surface area contributed by atoms with E-state index in [0.717, 1.165) is 41.0 Å². The Labute approximate surface area is 177 Å². The second-order valence-corrected chi connectivity index (χ2v) is 7.31. The minimum absolute atomic E-state index is 0.125.